The maximum atomic E-state index is 15.3. The number of hydrogen-bond acceptors (Lipinski definition) is 11. The molecule has 3 aliphatic carbocycles. The van der Waals surface area contributed by atoms with Gasteiger partial charge in [-0.1, -0.05) is 63.3 Å². The molecule has 0 aromatic carbocycles. The molecule has 2 saturated carbocycles. The van der Waals surface area contributed by atoms with Crippen LogP contribution in [0, 0.1) is 17.8 Å². The number of allylic oxidation sites excluding steroid dienone is 4. The third-order valence-electron chi connectivity index (χ3n) is 15.3. The van der Waals surface area contributed by atoms with E-state index in [2.05, 4.69) is 10.6 Å². The molecule has 3 fully saturated rings. The molecule has 1 saturated heterocycles. The lowest BCUT2D eigenvalue weighted by atomic mass is 9.82. The van der Waals surface area contributed by atoms with Gasteiger partial charge in [0.25, 0.3) is 0 Å². The van der Waals surface area contributed by atoms with Crippen LogP contribution in [0.2, 0.25) is 0 Å². The summed E-state index contributed by atoms with van der Waals surface area (Å²) in [7, 11) is 5.99. The van der Waals surface area contributed by atoms with Crippen LogP contribution in [0.4, 0.5) is 0 Å². The second-order valence-corrected chi connectivity index (χ2v) is 23.3. The van der Waals surface area contributed by atoms with Crippen molar-refractivity contribution in [2.45, 2.75) is 194 Å². The summed E-state index contributed by atoms with van der Waals surface area (Å²) in [6, 6.07) is -5.98. The Balaban J connectivity index is 1.67. The molecule has 19 nitrogen and oxygen atoms in total. The van der Waals surface area contributed by atoms with Crippen molar-refractivity contribution >= 4 is 53.5 Å². The third-order valence-corrected chi connectivity index (χ3v) is 15.3. The lowest BCUT2D eigenvalue weighted by molar-refractivity contribution is -0.152. The van der Waals surface area contributed by atoms with Crippen molar-refractivity contribution in [2.75, 3.05) is 67.5 Å². The number of hydrogen-bond donors (Lipinski definition) is 3. The molecule has 1 aliphatic heterocycles. The molecule has 19 heteroatoms. The van der Waals surface area contributed by atoms with E-state index in [0.29, 0.717) is 38.8 Å². The molecular formula is C56H92N8O11. The van der Waals surface area contributed by atoms with Gasteiger partial charge in [-0.15, -0.1) is 0 Å². The maximum Gasteiger partial charge on any atom is 0.247 e. The topological polar surface area (TPSA) is 227 Å². The van der Waals surface area contributed by atoms with Crippen LogP contribution in [0.3, 0.4) is 0 Å². The zero-order valence-electron chi connectivity index (χ0n) is 47.6. The monoisotopic (exact) mass is 1050 g/mol. The molecule has 0 aromatic rings. The fraction of sp³-hybridized carbons (Fsp3) is 0.768. The molecule has 0 radical (unpaired) electrons. The van der Waals surface area contributed by atoms with Crippen LogP contribution in [0.1, 0.15) is 152 Å². The third kappa shape index (κ3) is 17.2. The van der Waals surface area contributed by atoms with Gasteiger partial charge in [0.2, 0.25) is 47.3 Å². The van der Waals surface area contributed by atoms with Gasteiger partial charge in [-0.05, 0) is 110 Å². The quantitative estimate of drug-likeness (QED) is 0.0750. The Bertz CT molecular complexity index is 2100. The second-order valence-electron chi connectivity index (χ2n) is 23.3. The molecule has 8 amide bonds. The van der Waals surface area contributed by atoms with Gasteiger partial charge in [0.1, 0.15) is 36.5 Å². The van der Waals surface area contributed by atoms with E-state index in [1.165, 1.54) is 74.9 Å². The number of carbonyl (C=O) groups excluding carboxylic acids is 9. The number of amides is 8. The highest BCUT2D eigenvalue weighted by Gasteiger charge is 2.45. The van der Waals surface area contributed by atoms with Crippen LogP contribution in [-0.4, -0.2) is 197 Å². The predicted molar refractivity (Wildman–Crippen MR) is 285 cm³/mol. The molecule has 0 aromatic heterocycles. The summed E-state index contributed by atoms with van der Waals surface area (Å²) in [6.45, 7) is 16.7. The van der Waals surface area contributed by atoms with E-state index < -0.39 is 95.6 Å². The van der Waals surface area contributed by atoms with Gasteiger partial charge in [0, 0.05) is 53.7 Å². The van der Waals surface area contributed by atoms with E-state index in [4.69, 9.17) is 4.74 Å². The smallest absolute Gasteiger partial charge is 0.247 e. The highest BCUT2D eigenvalue weighted by atomic mass is 16.5. The summed E-state index contributed by atoms with van der Waals surface area (Å²) in [6.07, 6.45) is 8.22. The first kappa shape index (κ1) is 62.4. The standard InChI is InChI=1S/C56H92N8O11/c1-14-15-23-64(48(68)29-37(6)66)33-49(69)60(11)46(31-42-40-21-22-41(42)39-20-19-38(40)30-39)55(74)62(13)50(36(4)5)52(71)58-44(34-75-56(7,8)9)53(72)61(12)45(28-35(2)3)51(70)57-43(32-47(67)59(10)26-27-65)54(73)63-24-17-16-18-25-63/h27,35-37,42-46,50,66H,14-26,28-34H2,1-13H3,(H,57,70)(H,58,71)/t37?,43-,44?,45?,46?,50?/m0/s1. The minimum Gasteiger partial charge on any atom is -0.393 e. The van der Waals surface area contributed by atoms with Crippen molar-refractivity contribution < 1.29 is 53.0 Å². The van der Waals surface area contributed by atoms with E-state index in [-0.39, 0.29) is 50.3 Å². The van der Waals surface area contributed by atoms with Crippen molar-refractivity contribution in [3.05, 3.63) is 22.3 Å². The average molecular weight is 1050 g/mol. The van der Waals surface area contributed by atoms with Crippen LogP contribution in [0.5, 0.6) is 0 Å². The van der Waals surface area contributed by atoms with E-state index in [1.54, 1.807) is 46.6 Å². The minimum absolute atomic E-state index is 0.0335. The lowest BCUT2D eigenvalue weighted by Gasteiger charge is -2.39. The summed E-state index contributed by atoms with van der Waals surface area (Å²) >= 11 is 0. The molecule has 422 valence electrons. The summed E-state index contributed by atoms with van der Waals surface area (Å²) < 4.78 is 6.15. The van der Waals surface area contributed by atoms with Crippen molar-refractivity contribution in [1.29, 1.82) is 0 Å². The van der Waals surface area contributed by atoms with Gasteiger partial charge < -0.3 is 54.7 Å². The largest absolute Gasteiger partial charge is 0.393 e. The fourth-order valence-electron chi connectivity index (χ4n) is 11.1. The molecule has 4 aliphatic rings. The number of unbranched alkanes of at least 4 members (excludes halogenated alkanes) is 1. The van der Waals surface area contributed by atoms with Gasteiger partial charge in [-0.3, -0.25) is 38.4 Å². The number of aliphatic hydroxyl groups is 1. The van der Waals surface area contributed by atoms with Crippen molar-refractivity contribution in [3.63, 3.8) is 0 Å². The molecule has 5 unspecified atom stereocenters. The number of ether oxygens (including phenoxy) is 1. The maximum absolute atomic E-state index is 15.3. The SMILES string of the molecule is CCCCN(CC(=O)N(C)C(CC1C2=C3CCC(=C1CC2)C3)C(=O)N(C)C(C(=O)NC(COC(C)(C)C)C(=O)N(C)C(CC(C)C)C(=O)N[C@@H](CC(=O)N(C)CC=O)C(=O)N1CCCCC1)C(C)C)C(=O)CC(C)O. The molecule has 6 atom stereocenters. The number of piperidine rings is 1. The predicted octanol–water partition coefficient (Wildman–Crippen LogP) is 4.00. The fourth-order valence-corrected chi connectivity index (χ4v) is 11.1. The number of aliphatic hydroxyl groups excluding tert-OH is 1. The van der Waals surface area contributed by atoms with Gasteiger partial charge in [0.15, 0.2) is 0 Å². The molecule has 3 N–H and O–H groups in total. The first-order chi connectivity index (χ1) is 35.2. The van der Waals surface area contributed by atoms with Crippen molar-refractivity contribution in [2.24, 2.45) is 17.8 Å². The van der Waals surface area contributed by atoms with E-state index >= 15 is 4.79 Å². The Labute approximate surface area is 446 Å². The van der Waals surface area contributed by atoms with Gasteiger partial charge in [-0.25, -0.2) is 0 Å². The van der Waals surface area contributed by atoms with Gasteiger partial charge in [-0.2, -0.15) is 0 Å². The molecule has 4 bridgehead atoms. The van der Waals surface area contributed by atoms with Crippen LogP contribution >= 0.6 is 0 Å². The number of aldehydes is 1. The minimum atomic E-state index is -1.36. The van der Waals surface area contributed by atoms with Crippen LogP contribution in [0.25, 0.3) is 0 Å². The Morgan fingerprint density at radius 3 is 1.88 bits per heavy atom. The number of nitrogens with one attached hydrogen (secondary N) is 2. The van der Waals surface area contributed by atoms with E-state index in [0.717, 1.165) is 57.8 Å². The van der Waals surface area contributed by atoms with E-state index in [1.807, 2.05) is 20.8 Å². The number of nitrogens with zero attached hydrogens (tertiary/aromatic N) is 6. The molecular weight excluding hydrogens is 961 g/mol. The molecule has 4 rings (SSSR count). The van der Waals surface area contributed by atoms with E-state index in [9.17, 15) is 43.5 Å². The number of carbonyl (C=O) groups is 9. The number of rotatable bonds is 28. The molecule has 0 spiro atoms. The number of likely N-dealkylation sites (N-methyl/N-ethyl adjacent to an activating group) is 4. The summed E-state index contributed by atoms with van der Waals surface area (Å²) in [5, 5.41) is 15.8. The molecule has 1 heterocycles. The Kier molecular flexibility index (Phi) is 23.5. The molecule has 75 heavy (non-hydrogen) atoms. The highest BCUT2D eigenvalue weighted by Crippen LogP contribution is 2.53. The Hall–Kier alpha value is -5.17. The second kappa shape index (κ2) is 28.3. The summed E-state index contributed by atoms with van der Waals surface area (Å²) in [4.78, 5) is 134. The zero-order valence-corrected chi connectivity index (χ0v) is 47.6. The normalized spacial score (nSPS) is 18.0. The van der Waals surface area contributed by atoms with Gasteiger partial charge >= 0.3 is 0 Å². The average Bonchev–Trinajstić information content (AvgIpc) is 3.92. The number of likely N-dealkylation sites (tertiary alicyclic amines) is 1. The highest BCUT2D eigenvalue weighted by molar-refractivity contribution is 5.98. The van der Waals surface area contributed by atoms with Gasteiger partial charge in [0.05, 0.1) is 44.2 Å². The van der Waals surface area contributed by atoms with Crippen LogP contribution in [-0.2, 0) is 47.9 Å². The van der Waals surface area contributed by atoms with Crippen molar-refractivity contribution in [1.82, 2.24) is 40.0 Å². The lowest BCUT2D eigenvalue weighted by Crippen LogP contribution is -2.62. The summed E-state index contributed by atoms with van der Waals surface area (Å²) in [5.74, 6) is -4.91. The van der Waals surface area contributed by atoms with Crippen LogP contribution < -0.4 is 10.6 Å². The first-order valence-electron chi connectivity index (χ1n) is 27.6. The van der Waals surface area contributed by atoms with Crippen molar-refractivity contribution in [3.8, 4) is 0 Å². The Morgan fingerprint density at radius 1 is 0.747 bits per heavy atom. The Morgan fingerprint density at radius 2 is 1.35 bits per heavy atom. The zero-order chi connectivity index (χ0) is 56.1. The first-order valence-corrected chi connectivity index (χ1v) is 27.6. The number of fused-ring (bicyclic) bond motifs is 4. The van der Waals surface area contributed by atoms with Crippen LogP contribution in [0.15, 0.2) is 22.3 Å². The summed E-state index contributed by atoms with van der Waals surface area (Å²) in [5.41, 5.74) is 4.70.